The maximum atomic E-state index is 10.2. The Labute approximate surface area is 66.0 Å². The fourth-order valence-corrected chi connectivity index (χ4v) is 0.633. The second-order valence-electron chi connectivity index (χ2n) is 2.99. The van der Waals surface area contributed by atoms with Crippen molar-refractivity contribution in [1.29, 1.82) is 0 Å². The van der Waals surface area contributed by atoms with Crippen molar-refractivity contribution in [3.05, 3.63) is 0 Å². The molecule has 11 heavy (non-hydrogen) atoms. The summed E-state index contributed by atoms with van der Waals surface area (Å²) in [6, 6.07) is -0.951. The van der Waals surface area contributed by atoms with Gasteiger partial charge in [-0.05, 0) is 12.3 Å². The molecule has 0 fully saturated rings. The van der Waals surface area contributed by atoms with E-state index in [9.17, 15) is 9.90 Å². The van der Waals surface area contributed by atoms with Crippen molar-refractivity contribution in [1.82, 2.24) is 0 Å². The monoisotopic (exact) mass is 161 g/mol. The number of hydrogen-bond acceptors (Lipinski definition) is 3. The van der Waals surface area contributed by atoms with Crippen molar-refractivity contribution in [2.75, 3.05) is 0 Å². The van der Waals surface area contributed by atoms with Crippen LogP contribution in [0.2, 0.25) is 0 Å². The molecular weight excluding hydrogens is 146 g/mol. The van der Waals surface area contributed by atoms with Gasteiger partial charge in [0.2, 0.25) is 0 Å². The van der Waals surface area contributed by atoms with Gasteiger partial charge in [0.25, 0.3) is 0 Å². The van der Waals surface area contributed by atoms with E-state index in [-0.39, 0.29) is 12.3 Å². The molecule has 0 aliphatic rings. The van der Waals surface area contributed by atoms with E-state index in [1.165, 1.54) is 0 Å². The van der Waals surface area contributed by atoms with Gasteiger partial charge < -0.3 is 15.9 Å². The zero-order chi connectivity index (χ0) is 9.02. The fourth-order valence-electron chi connectivity index (χ4n) is 0.633. The van der Waals surface area contributed by atoms with Crippen LogP contribution in [-0.4, -0.2) is 28.3 Å². The van der Waals surface area contributed by atoms with Crippen molar-refractivity contribution in [3.8, 4) is 0 Å². The molecule has 0 aromatic heterocycles. The Bertz CT molecular complexity index is 136. The first-order chi connectivity index (χ1) is 4.95. The first-order valence-electron chi connectivity index (χ1n) is 3.61. The predicted octanol–water partition coefficient (Wildman–Crippen LogP) is -0.195. The van der Waals surface area contributed by atoms with Gasteiger partial charge >= 0.3 is 5.97 Å². The number of aliphatic hydroxyl groups excluding tert-OH is 1. The van der Waals surface area contributed by atoms with Gasteiger partial charge in [0, 0.05) is 0 Å². The molecule has 0 heterocycles. The third kappa shape index (κ3) is 3.95. The van der Waals surface area contributed by atoms with Gasteiger partial charge in [-0.15, -0.1) is 0 Å². The maximum absolute atomic E-state index is 10.2. The molecule has 0 aromatic rings. The Kier molecular flexibility index (Phi) is 4.07. The molecule has 4 nitrogen and oxygen atoms in total. The van der Waals surface area contributed by atoms with Gasteiger partial charge in [-0.25, -0.2) is 0 Å². The summed E-state index contributed by atoms with van der Waals surface area (Å²) < 4.78 is 0. The third-order valence-corrected chi connectivity index (χ3v) is 1.58. The van der Waals surface area contributed by atoms with Crippen molar-refractivity contribution >= 4 is 5.97 Å². The summed E-state index contributed by atoms with van der Waals surface area (Å²) in [6.07, 6.45) is -0.506. The molecule has 0 rings (SSSR count). The summed E-state index contributed by atoms with van der Waals surface area (Å²) in [5.74, 6) is -1.01. The highest BCUT2D eigenvalue weighted by atomic mass is 16.4. The van der Waals surface area contributed by atoms with Crippen molar-refractivity contribution in [3.63, 3.8) is 0 Å². The van der Waals surface area contributed by atoms with Crippen molar-refractivity contribution in [2.45, 2.75) is 32.4 Å². The minimum atomic E-state index is -1.07. The normalized spacial score (nSPS) is 16.5. The minimum absolute atomic E-state index is 0.0559. The molecular formula is C7H15NO3. The Balaban J connectivity index is 3.75. The second-order valence-corrected chi connectivity index (χ2v) is 2.99. The Hall–Kier alpha value is -0.610. The molecule has 1 unspecified atom stereocenters. The summed E-state index contributed by atoms with van der Waals surface area (Å²) in [7, 11) is 0. The maximum Gasteiger partial charge on any atom is 0.320 e. The van der Waals surface area contributed by atoms with E-state index in [0.717, 1.165) is 0 Å². The van der Waals surface area contributed by atoms with Crippen LogP contribution < -0.4 is 5.73 Å². The highest BCUT2D eigenvalue weighted by Gasteiger charge is 2.18. The lowest BCUT2D eigenvalue weighted by molar-refractivity contribution is -0.139. The summed E-state index contributed by atoms with van der Waals surface area (Å²) in [4.78, 5) is 10.2. The predicted molar refractivity (Wildman–Crippen MR) is 41.1 cm³/mol. The number of rotatable bonds is 4. The van der Waals surface area contributed by atoms with Gasteiger partial charge in [0.15, 0.2) is 0 Å². The molecule has 0 spiro atoms. The molecule has 4 heteroatoms. The van der Waals surface area contributed by atoms with Gasteiger partial charge in [-0.1, -0.05) is 13.8 Å². The van der Waals surface area contributed by atoms with E-state index >= 15 is 0 Å². The molecule has 0 radical (unpaired) electrons. The van der Waals surface area contributed by atoms with Crippen LogP contribution in [0.4, 0.5) is 0 Å². The fraction of sp³-hybridized carbons (Fsp3) is 0.857. The molecule has 4 N–H and O–H groups in total. The molecule has 0 aliphatic heterocycles. The number of aliphatic hydroxyl groups is 1. The highest BCUT2D eigenvalue weighted by Crippen LogP contribution is 2.06. The van der Waals surface area contributed by atoms with Crippen LogP contribution >= 0.6 is 0 Å². The van der Waals surface area contributed by atoms with E-state index in [2.05, 4.69) is 0 Å². The lowest BCUT2D eigenvalue weighted by atomic mass is 10.0. The summed E-state index contributed by atoms with van der Waals surface area (Å²) >= 11 is 0. The largest absolute Gasteiger partial charge is 0.480 e. The first-order valence-corrected chi connectivity index (χ1v) is 3.61. The highest BCUT2D eigenvalue weighted by molar-refractivity contribution is 5.73. The number of nitrogens with two attached hydrogens (primary N) is 1. The van der Waals surface area contributed by atoms with Gasteiger partial charge in [-0.3, -0.25) is 4.79 Å². The number of aliphatic carboxylic acids is 1. The average Bonchev–Trinajstić information content (AvgIpc) is 1.87. The van der Waals surface area contributed by atoms with Crippen molar-refractivity contribution in [2.24, 2.45) is 11.7 Å². The van der Waals surface area contributed by atoms with Crippen molar-refractivity contribution < 1.29 is 15.0 Å². The zero-order valence-corrected chi connectivity index (χ0v) is 6.82. The lowest BCUT2D eigenvalue weighted by Gasteiger charge is -2.16. The standard InChI is InChI=1S/C7H15NO3/c1-4(2)6(9)3-5(8)7(10)11/h4-6,9H,3,8H2,1-2H3,(H,10,11)/t5-,6?/m0/s1. The molecule has 0 bridgehead atoms. The third-order valence-electron chi connectivity index (χ3n) is 1.58. The summed E-state index contributed by atoms with van der Waals surface area (Å²) in [6.45, 7) is 3.64. The topological polar surface area (TPSA) is 83.5 Å². The smallest absolute Gasteiger partial charge is 0.320 e. The Morgan fingerprint density at radius 3 is 2.27 bits per heavy atom. The Morgan fingerprint density at radius 1 is 1.55 bits per heavy atom. The molecule has 0 saturated heterocycles. The van der Waals surface area contributed by atoms with Gasteiger partial charge in [0.05, 0.1) is 6.10 Å². The van der Waals surface area contributed by atoms with Crippen LogP contribution in [0.15, 0.2) is 0 Å². The molecule has 66 valence electrons. The molecule has 0 saturated carbocycles. The summed E-state index contributed by atoms with van der Waals surface area (Å²) in [5, 5.41) is 17.6. The molecule has 2 atom stereocenters. The van der Waals surface area contributed by atoms with Crippen LogP contribution in [0.1, 0.15) is 20.3 Å². The van der Waals surface area contributed by atoms with E-state index < -0.39 is 18.1 Å². The van der Waals surface area contributed by atoms with Gasteiger partial charge in [-0.2, -0.15) is 0 Å². The van der Waals surface area contributed by atoms with Crippen LogP contribution in [0.25, 0.3) is 0 Å². The number of carboxylic acid groups (broad SMARTS) is 1. The number of carboxylic acids is 1. The van der Waals surface area contributed by atoms with E-state index in [1.807, 2.05) is 13.8 Å². The zero-order valence-electron chi connectivity index (χ0n) is 6.82. The van der Waals surface area contributed by atoms with E-state index in [0.29, 0.717) is 0 Å². The van der Waals surface area contributed by atoms with Crippen LogP contribution in [0.5, 0.6) is 0 Å². The first kappa shape index (κ1) is 10.4. The minimum Gasteiger partial charge on any atom is -0.480 e. The quantitative estimate of drug-likeness (QED) is 0.533. The Morgan fingerprint density at radius 2 is 2.00 bits per heavy atom. The molecule has 0 aromatic carbocycles. The average molecular weight is 161 g/mol. The SMILES string of the molecule is CC(C)C(O)C[C@H](N)C(=O)O. The van der Waals surface area contributed by atoms with E-state index in [4.69, 9.17) is 10.8 Å². The second kappa shape index (κ2) is 4.31. The van der Waals surface area contributed by atoms with Gasteiger partial charge in [0.1, 0.15) is 6.04 Å². The molecule has 0 amide bonds. The summed E-state index contributed by atoms with van der Waals surface area (Å²) in [5.41, 5.74) is 5.20. The van der Waals surface area contributed by atoms with Crippen LogP contribution in [0, 0.1) is 5.92 Å². The molecule has 0 aliphatic carbocycles. The number of hydrogen-bond donors (Lipinski definition) is 3. The van der Waals surface area contributed by atoms with E-state index in [1.54, 1.807) is 0 Å². The number of carbonyl (C=O) groups is 1. The van der Waals surface area contributed by atoms with Crippen LogP contribution in [0.3, 0.4) is 0 Å². The van der Waals surface area contributed by atoms with Crippen LogP contribution in [-0.2, 0) is 4.79 Å². The lowest BCUT2D eigenvalue weighted by Crippen LogP contribution is -2.35.